The number of hydrogen-bond acceptors (Lipinski definition) is 1. The largest absolute Gasteiger partial charge is 0.382 e. The van der Waals surface area contributed by atoms with Crippen LogP contribution in [0, 0.1) is 13.8 Å². The summed E-state index contributed by atoms with van der Waals surface area (Å²) in [6.45, 7) is 6.64. The standard InChI is InChI=1S/C12H17N/c1-8-4-5-9(2)12-11(8)7-6-10(3)13-12/h4-5,10,13H,6-7H2,1-3H3. The number of benzene rings is 1. The monoisotopic (exact) mass is 175 g/mol. The van der Waals surface area contributed by atoms with E-state index in [9.17, 15) is 0 Å². The molecule has 0 bridgehead atoms. The molecule has 2 rings (SSSR count). The minimum atomic E-state index is 0.632. The zero-order valence-corrected chi connectivity index (χ0v) is 8.65. The lowest BCUT2D eigenvalue weighted by Crippen LogP contribution is -2.23. The minimum absolute atomic E-state index is 0.632. The van der Waals surface area contributed by atoms with Crippen molar-refractivity contribution in [1.82, 2.24) is 0 Å². The normalized spacial score (nSPS) is 20.7. The van der Waals surface area contributed by atoms with E-state index in [1.165, 1.54) is 35.2 Å². The lowest BCUT2D eigenvalue weighted by molar-refractivity contribution is 0.677. The van der Waals surface area contributed by atoms with Gasteiger partial charge in [0.2, 0.25) is 0 Å². The Kier molecular flexibility index (Phi) is 2.03. The van der Waals surface area contributed by atoms with Crippen LogP contribution >= 0.6 is 0 Å². The molecule has 1 aromatic carbocycles. The van der Waals surface area contributed by atoms with Gasteiger partial charge in [0, 0.05) is 11.7 Å². The molecule has 1 heterocycles. The van der Waals surface area contributed by atoms with Crippen molar-refractivity contribution in [1.29, 1.82) is 0 Å². The molecular weight excluding hydrogens is 158 g/mol. The average molecular weight is 175 g/mol. The van der Waals surface area contributed by atoms with E-state index in [0.29, 0.717) is 6.04 Å². The van der Waals surface area contributed by atoms with Crippen molar-refractivity contribution in [3.63, 3.8) is 0 Å². The minimum Gasteiger partial charge on any atom is -0.382 e. The molecule has 1 heteroatoms. The van der Waals surface area contributed by atoms with Crippen LogP contribution in [0.1, 0.15) is 30.0 Å². The molecule has 1 unspecified atom stereocenters. The summed E-state index contributed by atoms with van der Waals surface area (Å²) in [7, 11) is 0. The van der Waals surface area contributed by atoms with Crippen LogP contribution in [0.5, 0.6) is 0 Å². The molecule has 0 aromatic heterocycles. The summed E-state index contributed by atoms with van der Waals surface area (Å²) in [5.74, 6) is 0. The number of hydrogen-bond donors (Lipinski definition) is 1. The molecule has 1 N–H and O–H groups in total. The highest BCUT2D eigenvalue weighted by Gasteiger charge is 2.16. The van der Waals surface area contributed by atoms with Gasteiger partial charge >= 0.3 is 0 Å². The highest BCUT2D eigenvalue weighted by atomic mass is 14.9. The lowest BCUT2D eigenvalue weighted by atomic mass is 9.93. The average Bonchev–Trinajstić information content (AvgIpc) is 2.12. The lowest BCUT2D eigenvalue weighted by Gasteiger charge is -2.27. The number of nitrogens with one attached hydrogen (secondary N) is 1. The van der Waals surface area contributed by atoms with E-state index in [1.807, 2.05) is 0 Å². The molecule has 70 valence electrons. The molecule has 1 atom stereocenters. The summed E-state index contributed by atoms with van der Waals surface area (Å²) in [4.78, 5) is 0. The van der Waals surface area contributed by atoms with Crippen molar-refractivity contribution >= 4 is 5.69 Å². The third-order valence-electron chi connectivity index (χ3n) is 2.97. The van der Waals surface area contributed by atoms with Crippen LogP contribution < -0.4 is 5.32 Å². The van der Waals surface area contributed by atoms with Gasteiger partial charge in [-0.15, -0.1) is 0 Å². The summed E-state index contributed by atoms with van der Waals surface area (Å²) < 4.78 is 0. The van der Waals surface area contributed by atoms with Crippen LogP contribution in [0.2, 0.25) is 0 Å². The highest BCUT2D eigenvalue weighted by molar-refractivity contribution is 5.61. The van der Waals surface area contributed by atoms with Crippen LogP contribution in [0.3, 0.4) is 0 Å². The molecule has 0 fully saturated rings. The van der Waals surface area contributed by atoms with Gasteiger partial charge in [-0.1, -0.05) is 12.1 Å². The molecule has 0 spiro atoms. The van der Waals surface area contributed by atoms with Crippen molar-refractivity contribution in [2.75, 3.05) is 5.32 Å². The maximum absolute atomic E-state index is 3.57. The first kappa shape index (κ1) is 8.61. The van der Waals surface area contributed by atoms with E-state index in [1.54, 1.807) is 0 Å². The third kappa shape index (κ3) is 1.43. The van der Waals surface area contributed by atoms with Gasteiger partial charge in [0.1, 0.15) is 0 Å². The van der Waals surface area contributed by atoms with Crippen LogP contribution in [-0.2, 0) is 6.42 Å². The van der Waals surface area contributed by atoms with Crippen molar-refractivity contribution in [3.8, 4) is 0 Å². The fourth-order valence-corrected chi connectivity index (χ4v) is 2.07. The molecule has 0 aliphatic carbocycles. The van der Waals surface area contributed by atoms with Crippen LogP contribution in [0.4, 0.5) is 5.69 Å². The second-order valence-corrected chi connectivity index (χ2v) is 4.14. The number of rotatable bonds is 0. The van der Waals surface area contributed by atoms with E-state index >= 15 is 0 Å². The SMILES string of the molecule is Cc1ccc(C)c2c1CCC(C)N2. The Bertz CT molecular complexity index is 328. The molecule has 1 aliphatic heterocycles. The van der Waals surface area contributed by atoms with Crippen molar-refractivity contribution in [2.24, 2.45) is 0 Å². The van der Waals surface area contributed by atoms with E-state index in [-0.39, 0.29) is 0 Å². The Labute approximate surface area is 80.2 Å². The Morgan fingerprint density at radius 3 is 2.69 bits per heavy atom. The van der Waals surface area contributed by atoms with Gasteiger partial charge in [0.25, 0.3) is 0 Å². The first-order valence-corrected chi connectivity index (χ1v) is 5.04. The quantitative estimate of drug-likeness (QED) is 0.639. The number of fused-ring (bicyclic) bond motifs is 1. The molecule has 1 nitrogen and oxygen atoms in total. The predicted octanol–water partition coefficient (Wildman–Crippen LogP) is 3.05. The molecule has 0 saturated carbocycles. The fourth-order valence-electron chi connectivity index (χ4n) is 2.07. The highest BCUT2D eigenvalue weighted by Crippen LogP contribution is 2.30. The predicted molar refractivity (Wildman–Crippen MR) is 57.3 cm³/mol. The van der Waals surface area contributed by atoms with Crippen molar-refractivity contribution in [3.05, 3.63) is 28.8 Å². The Balaban J connectivity index is 2.51. The topological polar surface area (TPSA) is 12.0 Å². The molecule has 0 saturated heterocycles. The van der Waals surface area contributed by atoms with E-state index < -0.39 is 0 Å². The summed E-state index contributed by atoms with van der Waals surface area (Å²) in [5, 5.41) is 3.57. The smallest absolute Gasteiger partial charge is 0.0407 e. The zero-order chi connectivity index (χ0) is 9.42. The van der Waals surface area contributed by atoms with E-state index in [4.69, 9.17) is 0 Å². The van der Waals surface area contributed by atoms with Crippen LogP contribution in [0.15, 0.2) is 12.1 Å². The Hall–Kier alpha value is -0.980. The molecule has 1 aromatic rings. The second kappa shape index (κ2) is 3.06. The van der Waals surface area contributed by atoms with Gasteiger partial charge in [0.15, 0.2) is 0 Å². The number of aryl methyl sites for hydroxylation is 2. The number of anilines is 1. The molecule has 1 aliphatic rings. The summed E-state index contributed by atoms with van der Waals surface area (Å²) >= 11 is 0. The fraction of sp³-hybridized carbons (Fsp3) is 0.500. The Morgan fingerprint density at radius 1 is 1.23 bits per heavy atom. The molecule has 0 radical (unpaired) electrons. The maximum atomic E-state index is 3.57. The first-order chi connectivity index (χ1) is 6.18. The van der Waals surface area contributed by atoms with Gasteiger partial charge < -0.3 is 5.32 Å². The summed E-state index contributed by atoms with van der Waals surface area (Å²) in [5.41, 5.74) is 5.73. The van der Waals surface area contributed by atoms with Gasteiger partial charge in [-0.2, -0.15) is 0 Å². The molecular formula is C12H17N. The van der Waals surface area contributed by atoms with Crippen molar-refractivity contribution < 1.29 is 0 Å². The van der Waals surface area contributed by atoms with Crippen LogP contribution in [-0.4, -0.2) is 6.04 Å². The third-order valence-corrected chi connectivity index (χ3v) is 2.97. The van der Waals surface area contributed by atoms with E-state index in [0.717, 1.165) is 0 Å². The zero-order valence-electron chi connectivity index (χ0n) is 8.65. The van der Waals surface area contributed by atoms with Gasteiger partial charge in [-0.3, -0.25) is 0 Å². The van der Waals surface area contributed by atoms with Gasteiger partial charge in [-0.05, 0) is 50.3 Å². The summed E-state index contributed by atoms with van der Waals surface area (Å²) in [6, 6.07) is 5.07. The summed E-state index contributed by atoms with van der Waals surface area (Å²) in [6.07, 6.45) is 2.49. The van der Waals surface area contributed by atoms with Crippen LogP contribution in [0.25, 0.3) is 0 Å². The maximum Gasteiger partial charge on any atom is 0.0407 e. The Morgan fingerprint density at radius 2 is 1.92 bits per heavy atom. The molecule has 13 heavy (non-hydrogen) atoms. The van der Waals surface area contributed by atoms with Crippen molar-refractivity contribution in [2.45, 2.75) is 39.7 Å². The first-order valence-electron chi connectivity index (χ1n) is 5.04. The second-order valence-electron chi connectivity index (χ2n) is 4.14. The van der Waals surface area contributed by atoms with Gasteiger partial charge in [0.05, 0.1) is 0 Å². The van der Waals surface area contributed by atoms with E-state index in [2.05, 4.69) is 38.2 Å². The van der Waals surface area contributed by atoms with Gasteiger partial charge in [-0.25, -0.2) is 0 Å². The molecule has 0 amide bonds.